The number of carbonyl (C=O) groups excluding carboxylic acids is 3. The third kappa shape index (κ3) is 6.82. The van der Waals surface area contributed by atoms with E-state index in [1.165, 1.54) is 24.8 Å². The fraction of sp³-hybridized carbons (Fsp3) is 0.444. The number of halogens is 3. The van der Waals surface area contributed by atoms with E-state index >= 15 is 0 Å². The highest BCUT2D eigenvalue weighted by molar-refractivity contribution is 8.25. The Kier molecular flexibility index (Phi) is 8.61. The predicted octanol–water partition coefficient (Wildman–Crippen LogP) is 5.13. The van der Waals surface area contributed by atoms with E-state index in [0.29, 0.717) is 18.6 Å². The van der Waals surface area contributed by atoms with Gasteiger partial charge in [0.2, 0.25) is 5.78 Å². The monoisotopic (exact) mass is 552 g/mol. The Balaban J connectivity index is 1.37. The molecule has 0 unspecified atom stereocenters. The molecule has 38 heavy (non-hydrogen) atoms. The van der Waals surface area contributed by atoms with E-state index in [-0.39, 0.29) is 4.90 Å². The smallest absolute Gasteiger partial charge is 0.342 e. The van der Waals surface area contributed by atoms with Crippen molar-refractivity contribution in [2.45, 2.75) is 62.2 Å². The third-order valence-corrected chi connectivity index (χ3v) is 8.72. The molecule has 1 heterocycles. The van der Waals surface area contributed by atoms with Crippen molar-refractivity contribution in [3.05, 3.63) is 64.7 Å². The van der Waals surface area contributed by atoms with E-state index in [9.17, 15) is 36.7 Å². The highest BCUT2D eigenvalue weighted by Gasteiger charge is 2.33. The van der Waals surface area contributed by atoms with Crippen LogP contribution in [0.3, 0.4) is 0 Å². The van der Waals surface area contributed by atoms with Crippen LogP contribution in [0.1, 0.15) is 60.4 Å². The number of Topliss-reactive ketones (excluding diaryl/α,β-unsaturated/α-hetero) is 2. The third-order valence-electron chi connectivity index (χ3n) is 7.03. The van der Waals surface area contributed by atoms with Crippen molar-refractivity contribution in [1.82, 2.24) is 10.2 Å². The number of nitrogens with zero attached hydrogens (tertiary/aromatic N) is 1. The first kappa shape index (κ1) is 28.3. The zero-order chi connectivity index (χ0) is 27.5. The van der Waals surface area contributed by atoms with Crippen LogP contribution in [0.15, 0.2) is 47.4 Å². The molecule has 206 valence electrons. The number of ketones is 2. The first-order valence-electron chi connectivity index (χ1n) is 12.6. The standard InChI is InChI=1S/C27H31F3N2O5S/c28-27(29,30)20-8-10-21(11-9-20)38(36,37)17-24(33)25(34)26(35)31-23-6-4-5-19-15-18(7-12-22(19)23)16-32-13-2-1-3-14-32/h7-12,15,23,36-37H,1-6,13-14,16-17H2,(H,31,35)/t23-/m1/s1. The summed E-state index contributed by atoms with van der Waals surface area (Å²) < 4.78 is 58.9. The van der Waals surface area contributed by atoms with Gasteiger partial charge in [-0.15, -0.1) is 0 Å². The molecule has 0 saturated carbocycles. The molecule has 1 saturated heterocycles. The van der Waals surface area contributed by atoms with Gasteiger partial charge >= 0.3 is 6.18 Å². The van der Waals surface area contributed by atoms with Gasteiger partial charge < -0.3 is 5.32 Å². The highest BCUT2D eigenvalue weighted by atomic mass is 32.3. The molecule has 7 nitrogen and oxygen atoms in total. The van der Waals surface area contributed by atoms with Crippen LogP contribution in [0.2, 0.25) is 0 Å². The molecular formula is C27H31F3N2O5S. The average molecular weight is 553 g/mol. The number of carbonyl (C=O) groups is 3. The number of nitrogens with one attached hydrogen (secondary N) is 1. The van der Waals surface area contributed by atoms with E-state index in [0.717, 1.165) is 55.7 Å². The molecule has 2 aliphatic rings. The van der Waals surface area contributed by atoms with Crippen LogP contribution in [-0.4, -0.2) is 50.3 Å². The molecule has 0 bridgehead atoms. The molecule has 0 spiro atoms. The number of alkyl halides is 3. The van der Waals surface area contributed by atoms with Crippen molar-refractivity contribution in [3.8, 4) is 0 Å². The number of amides is 1. The summed E-state index contributed by atoms with van der Waals surface area (Å²) in [5.74, 6) is -4.99. The van der Waals surface area contributed by atoms with Crippen molar-refractivity contribution >= 4 is 28.1 Å². The molecule has 0 aromatic heterocycles. The number of hydrogen-bond acceptors (Lipinski definition) is 6. The van der Waals surface area contributed by atoms with E-state index < -0.39 is 51.6 Å². The molecule has 1 amide bonds. The summed E-state index contributed by atoms with van der Waals surface area (Å²) in [5.41, 5.74) is 2.18. The normalized spacial score (nSPS) is 18.9. The molecule has 1 fully saturated rings. The Morgan fingerprint density at radius 2 is 1.66 bits per heavy atom. The topological polar surface area (TPSA) is 107 Å². The summed E-state index contributed by atoms with van der Waals surface area (Å²) in [6, 6.07) is 8.64. The number of hydrogen-bond donors (Lipinski definition) is 3. The maximum atomic E-state index is 12.8. The summed E-state index contributed by atoms with van der Waals surface area (Å²) >= 11 is 0. The zero-order valence-electron chi connectivity index (χ0n) is 20.8. The van der Waals surface area contributed by atoms with Crippen LogP contribution in [0.4, 0.5) is 13.2 Å². The van der Waals surface area contributed by atoms with Gasteiger partial charge in [0.05, 0.1) is 16.5 Å². The number of likely N-dealkylation sites (tertiary alicyclic amines) is 1. The molecule has 2 aromatic rings. The minimum Gasteiger partial charge on any atom is -0.342 e. The maximum Gasteiger partial charge on any atom is 0.416 e. The average Bonchev–Trinajstić information content (AvgIpc) is 2.88. The van der Waals surface area contributed by atoms with Crippen molar-refractivity contribution in [2.24, 2.45) is 0 Å². The van der Waals surface area contributed by atoms with Crippen LogP contribution in [-0.2, 0) is 33.5 Å². The number of piperidine rings is 1. The number of fused-ring (bicyclic) bond motifs is 1. The first-order valence-corrected chi connectivity index (χ1v) is 14.3. The quantitative estimate of drug-likeness (QED) is 0.310. The molecule has 1 atom stereocenters. The summed E-state index contributed by atoms with van der Waals surface area (Å²) in [5, 5.41) is 2.61. The van der Waals surface area contributed by atoms with Crippen LogP contribution >= 0.6 is 10.6 Å². The summed E-state index contributed by atoms with van der Waals surface area (Å²) in [6.07, 6.45) is 1.27. The Hall–Kier alpha value is -2.73. The molecule has 3 N–H and O–H groups in total. The molecule has 4 rings (SSSR count). The van der Waals surface area contributed by atoms with Gasteiger partial charge in [0.25, 0.3) is 11.7 Å². The fourth-order valence-electron chi connectivity index (χ4n) is 5.04. The first-order chi connectivity index (χ1) is 17.9. The molecule has 2 aromatic carbocycles. The van der Waals surface area contributed by atoms with Crippen LogP contribution in [0, 0.1) is 0 Å². The predicted molar refractivity (Wildman–Crippen MR) is 137 cm³/mol. The minimum atomic E-state index is -4.61. The van der Waals surface area contributed by atoms with Crippen molar-refractivity contribution < 1.29 is 36.7 Å². The molecule has 1 aliphatic heterocycles. The van der Waals surface area contributed by atoms with Gasteiger partial charge in [-0.25, -0.2) is 0 Å². The number of aryl methyl sites for hydroxylation is 1. The van der Waals surface area contributed by atoms with Gasteiger partial charge in [-0.3, -0.25) is 28.4 Å². The lowest BCUT2D eigenvalue weighted by Crippen LogP contribution is -2.40. The van der Waals surface area contributed by atoms with Crippen LogP contribution in [0.5, 0.6) is 0 Å². The molecule has 11 heteroatoms. The Morgan fingerprint density at radius 1 is 0.974 bits per heavy atom. The van der Waals surface area contributed by atoms with Gasteiger partial charge in [-0.05, 0) is 86.1 Å². The van der Waals surface area contributed by atoms with E-state index in [1.54, 1.807) is 0 Å². The van der Waals surface area contributed by atoms with Crippen LogP contribution in [0.25, 0.3) is 0 Å². The number of benzene rings is 2. The highest BCUT2D eigenvalue weighted by Crippen LogP contribution is 2.48. The van der Waals surface area contributed by atoms with E-state index in [4.69, 9.17) is 0 Å². The Morgan fingerprint density at radius 3 is 2.32 bits per heavy atom. The Bertz CT molecular complexity index is 1190. The molecule has 1 aliphatic carbocycles. The number of rotatable bonds is 8. The molecule has 0 radical (unpaired) electrons. The largest absolute Gasteiger partial charge is 0.416 e. The second kappa shape index (κ2) is 11.6. The summed E-state index contributed by atoms with van der Waals surface area (Å²) in [7, 11) is -3.92. The van der Waals surface area contributed by atoms with Crippen molar-refractivity contribution in [1.29, 1.82) is 0 Å². The minimum absolute atomic E-state index is 0.325. The van der Waals surface area contributed by atoms with E-state index in [1.807, 2.05) is 12.1 Å². The van der Waals surface area contributed by atoms with Crippen molar-refractivity contribution in [2.75, 3.05) is 18.8 Å². The Labute approximate surface area is 220 Å². The van der Waals surface area contributed by atoms with Crippen LogP contribution < -0.4 is 5.32 Å². The second-order valence-corrected chi connectivity index (χ2v) is 12.0. The second-order valence-electron chi connectivity index (χ2n) is 9.87. The van der Waals surface area contributed by atoms with Gasteiger partial charge in [-0.1, -0.05) is 24.6 Å². The zero-order valence-corrected chi connectivity index (χ0v) is 21.6. The SMILES string of the molecule is O=C(CS(O)(O)c1ccc(C(F)(F)F)cc1)C(=O)C(=O)N[C@@H]1CCCc2cc(CN3CCCCC3)ccc21. The lowest BCUT2D eigenvalue weighted by atomic mass is 9.86. The van der Waals surface area contributed by atoms with E-state index in [2.05, 4.69) is 16.3 Å². The summed E-state index contributed by atoms with van der Waals surface area (Å²) in [4.78, 5) is 39.6. The molecular weight excluding hydrogens is 521 g/mol. The summed E-state index contributed by atoms with van der Waals surface area (Å²) in [6.45, 7) is 3.02. The maximum absolute atomic E-state index is 12.8. The van der Waals surface area contributed by atoms with Gasteiger partial charge in [0, 0.05) is 6.54 Å². The van der Waals surface area contributed by atoms with Gasteiger partial charge in [0.15, 0.2) is 0 Å². The van der Waals surface area contributed by atoms with Gasteiger partial charge in [-0.2, -0.15) is 23.8 Å². The van der Waals surface area contributed by atoms with Gasteiger partial charge in [0.1, 0.15) is 5.75 Å². The lowest BCUT2D eigenvalue weighted by molar-refractivity contribution is -0.144. The fourth-order valence-corrected chi connectivity index (χ4v) is 6.27. The lowest BCUT2D eigenvalue weighted by Gasteiger charge is -2.31. The van der Waals surface area contributed by atoms with Crippen molar-refractivity contribution in [3.63, 3.8) is 0 Å².